The molecule has 2 heterocycles. The fraction of sp³-hybridized carbons (Fsp3) is 0.378. The lowest BCUT2D eigenvalue weighted by Crippen LogP contribution is -2.43. The third kappa shape index (κ3) is 10.3. The Morgan fingerprint density at radius 1 is 0.818 bits per heavy atom. The summed E-state index contributed by atoms with van der Waals surface area (Å²) in [5.41, 5.74) is 1.73. The van der Waals surface area contributed by atoms with Gasteiger partial charge in [0.25, 0.3) is 0 Å². The minimum atomic E-state index is -1.06. The van der Waals surface area contributed by atoms with Gasteiger partial charge in [0.05, 0.1) is 12.3 Å². The van der Waals surface area contributed by atoms with E-state index >= 15 is 0 Å². The summed E-state index contributed by atoms with van der Waals surface area (Å²) in [4.78, 5) is 48.0. The van der Waals surface area contributed by atoms with Crippen LogP contribution >= 0.6 is 0 Å². The van der Waals surface area contributed by atoms with Gasteiger partial charge in [0.15, 0.2) is 17.1 Å². The van der Waals surface area contributed by atoms with E-state index in [1.54, 1.807) is 46.4 Å². The van der Waals surface area contributed by atoms with Gasteiger partial charge in [0.2, 0.25) is 18.6 Å². The highest BCUT2D eigenvalue weighted by Crippen LogP contribution is 2.38. The number of ether oxygens (including phenoxy) is 4. The van der Waals surface area contributed by atoms with Crippen molar-refractivity contribution in [1.82, 2.24) is 9.88 Å². The zero-order valence-electron chi connectivity index (χ0n) is 32.7. The third-order valence-corrected chi connectivity index (χ3v) is 9.34. The number of para-hydroxylation sites is 2. The van der Waals surface area contributed by atoms with Gasteiger partial charge in [-0.05, 0) is 113 Å². The molecule has 55 heavy (non-hydrogen) atoms. The maximum absolute atomic E-state index is 14.8. The lowest BCUT2D eigenvalue weighted by Gasteiger charge is -2.36. The molecule has 10 heteroatoms. The molecule has 0 spiro atoms. The first kappa shape index (κ1) is 39.1. The maximum Gasteiger partial charge on any atom is 0.310 e. The van der Waals surface area contributed by atoms with Crippen LogP contribution in [0.25, 0.3) is 27.9 Å². The van der Waals surface area contributed by atoms with Crippen molar-refractivity contribution >= 4 is 45.8 Å². The molecule has 1 amide bonds. The molecule has 1 aromatic heterocycles. The summed E-state index contributed by atoms with van der Waals surface area (Å²) in [6, 6.07) is 27.2. The number of fused-ring (bicyclic) bond motifs is 3. The Labute approximate surface area is 322 Å². The van der Waals surface area contributed by atoms with E-state index < -0.39 is 35.1 Å². The summed E-state index contributed by atoms with van der Waals surface area (Å²) in [7, 11) is 0. The van der Waals surface area contributed by atoms with Crippen LogP contribution in [0.5, 0.6) is 11.5 Å². The highest BCUT2D eigenvalue weighted by atomic mass is 16.7. The second-order valence-corrected chi connectivity index (χ2v) is 16.0. The largest absolute Gasteiger partial charge is 0.460 e. The van der Waals surface area contributed by atoms with Gasteiger partial charge in [0, 0.05) is 24.9 Å². The predicted octanol–water partition coefficient (Wildman–Crippen LogP) is 9.39. The number of esters is 2. The summed E-state index contributed by atoms with van der Waals surface area (Å²) in [5, 5.41) is 2.13. The monoisotopic (exact) mass is 746 g/mol. The molecular formula is C45H50N2O8. The van der Waals surface area contributed by atoms with Gasteiger partial charge in [-0.3, -0.25) is 14.4 Å². The molecule has 0 N–H and O–H groups in total. The van der Waals surface area contributed by atoms with Crippen molar-refractivity contribution in [3.63, 3.8) is 0 Å². The lowest BCUT2D eigenvalue weighted by atomic mass is 9.87. The van der Waals surface area contributed by atoms with Crippen LogP contribution in [0.3, 0.4) is 0 Å². The maximum atomic E-state index is 14.8. The molecule has 1 aliphatic rings. The van der Waals surface area contributed by atoms with E-state index in [0.717, 1.165) is 27.4 Å². The van der Waals surface area contributed by atoms with Gasteiger partial charge in [-0.15, -0.1) is 0 Å². The van der Waals surface area contributed by atoms with Gasteiger partial charge >= 0.3 is 11.9 Å². The molecule has 0 saturated heterocycles. The molecule has 10 nitrogen and oxygen atoms in total. The van der Waals surface area contributed by atoms with E-state index in [2.05, 4.69) is 11.1 Å². The molecule has 288 valence electrons. The number of nitrogens with zero attached hydrogens (tertiary/aromatic N) is 2. The van der Waals surface area contributed by atoms with Gasteiger partial charge < -0.3 is 28.3 Å². The minimum Gasteiger partial charge on any atom is -0.460 e. The molecule has 0 unspecified atom stereocenters. The molecule has 0 fully saturated rings. The number of benzene rings is 4. The van der Waals surface area contributed by atoms with Crippen LogP contribution in [0.4, 0.5) is 0 Å². The SMILES string of the molecule is C[C@H]([C@H](C/C=C/c1nc2ccccc2o1)c1ccc2c(c1)OCO2)N(Cc1ccc2ccccc2c1)C(=O)C[C@H](CC(=O)OC(C)(C)C)C(=O)OC(C)(C)C. The number of carbonyl (C=O) groups excluding carboxylic acids is 3. The Hall–Kier alpha value is -5.64. The van der Waals surface area contributed by atoms with Crippen molar-refractivity contribution in [2.24, 2.45) is 5.92 Å². The number of hydrogen-bond donors (Lipinski definition) is 0. The highest BCUT2D eigenvalue weighted by Gasteiger charge is 2.36. The van der Waals surface area contributed by atoms with Crippen LogP contribution in [0, 0.1) is 5.92 Å². The fourth-order valence-corrected chi connectivity index (χ4v) is 6.78. The normalized spacial score (nSPS) is 14.5. The van der Waals surface area contributed by atoms with Crippen LogP contribution in [0.15, 0.2) is 95.4 Å². The lowest BCUT2D eigenvalue weighted by molar-refractivity contribution is -0.168. The zero-order chi connectivity index (χ0) is 39.3. The summed E-state index contributed by atoms with van der Waals surface area (Å²) in [6.07, 6.45) is 3.81. The average molecular weight is 747 g/mol. The molecule has 1 aliphatic heterocycles. The Balaban J connectivity index is 1.36. The first-order valence-corrected chi connectivity index (χ1v) is 18.8. The molecule has 4 aromatic carbocycles. The number of allylic oxidation sites excluding steroid dienone is 1. The van der Waals surface area contributed by atoms with Gasteiger partial charge in [-0.1, -0.05) is 60.7 Å². The average Bonchev–Trinajstić information content (AvgIpc) is 3.77. The fourth-order valence-electron chi connectivity index (χ4n) is 6.78. The smallest absolute Gasteiger partial charge is 0.310 e. The van der Waals surface area contributed by atoms with Crippen LogP contribution in [0.2, 0.25) is 0 Å². The summed E-state index contributed by atoms with van der Waals surface area (Å²) < 4.78 is 28.7. The van der Waals surface area contributed by atoms with Crippen molar-refractivity contribution in [1.29, 1.82) is 0 Å². The molecule has 3 atom stereocenters. The quantitative estimate of drug-likeness (QED) is 0.109. The molecule has 0 bridgehead atoms. The predicted molar refractivity (Wildman–Crippen MR) is 211 cm³/mol. The van der Waals surface area contributed by atoms with E-state index in [1.807, 2.05) is 97.9 Å². The second kappa shape index (κ2) is 16.4. The van der Waals surface area contributed by atoms with Crippen LogP contribution < -0.4 is 9.47 Å². The van der Waals surface area contributed by atoms with E-state index in [1.165, 1.54) is 0 Å². The molecule has 0 aliphatic carbocycles. The van der Waals surface area contributed by atoms with E-state index in [4.69, 9.17) is 23.4 Å². The summed E-state index contributed by atoms with van der Waals surface area (Å²) in [5.74, 6) is -1.04. The zero-order valence-corrected chi connectivity index (χ0v) is 32.7. The number of aromatic nitrogens is 1. The Kier molecular flexibility index (Phi) is 11.6. The molecule has 6 rings (SSSR count). The number of oxazole rings is 1. The summed E-state index contributed by atoms with van der Waals surface area (Å²) >= 11 is 0. The van der Waals surface area contributed by atoms with E-state index in [9.17, 15) is 14.4 Å². The minimum absolute atomic E-state index is 0.132. The van der Waals surface area contributed by atoms with Crippen molar-refractivity contribution in [3.05, 3.63) is 108 Å². The third-order valence-electron chi connectivity index (χ3n) is 9.34. The van der Waals surface area contributed by atoms with Gasteiger partial charge in [0.1, 0.15) is 16.7 Å². The topological polar surface area (TPSA) is 117 Å². The summed E-state index contributed by atoms with van der Waals surface area (Å²) in [6.45, 7) is 13.0. The first-order valence-electron chi connectivity index (χ1n) is 18.8. The molecule has 0 radical (unpaired) electrons. The standard InChI is InChI=1S/C45H50N2O8/c1-29(35(33-21-22-38-39(24-33)52-28-51-38)15-12-18-40-46-36-16-10-11-17-37(36)53-40)47(27-30-19-20-31-13-8-9-14-32(31)23-30)41(48)25-34(43(50)55-45(5,6)7)26-42(49)54-44(2,3)4/h8-14,16-24,29,34-35H,15,25-28H2,1-7H3/b18-12+/t29-,34-,35+/m1/s1. The highest BCUT2D eigenvalue weighted by molar-refractivity contribution is 5.87. The van der Waals surface area contributed by atoms with Gasteiger partial charge in [-0.2, -0.15) is 0 Å². The molecular weight excluding hydrogens is 697 g/mol. The van der Waals surface area contributed by atoms with Crippen LogP contribution in [0.1, 0.15) is 90.7 Å². The van der Waals surface area contributed by atoms with E-state index in [-0.39, 0.29) is 38.0 Å². The first-order chi connectivity index (χ1) is 26.1. The number of carbonyl (C=O) groups is 3. The van der Waals surface area contributed by atoms with E-state index in [0.29, 0.717) is 29.4 Å². The van der Waals surface area contributed by atoms with Crippen molar-refractivity contribution in [3.8, 4) is 11.5 Å². The number of hydrogen-bond acceptors (Lipinski definition) is 9. The number of amides is 1. The Morgan fingerprint density at radius 2 is 1.53 bits per heavy atom. The second-order valence-electron chi connectivity index (χ2n) is 16.0. The van der Waals surface area contributed by atoms with Crippen molar-refractivity contribution < 1.29 is 37.7 Å². The number of rotatable bonds is 13. The molecule has 0 saturated carbocycles. The van der Waals surface area contributed by atoms with Crippen molar-refractivity contribution in [2.75, 3.05) is 6.79 Å². The Morgan fingerprint density at radius 3 is 2.27 bits per heavy atom. The van der Waals surface area contributed by atoms with Gasteiger partial charge in [-0.25, -0.2) is 4.98 Å². The van der Waals surface area contributed by atoms with Crippen LogP contribution in [-0.4, -0.2) is 51.8 Å². The Bertz CT molecular complexity index is 2160. The van der Waals surface area contributed by atoms with Crippen molar-refractivity contribution in [2.45, 2.75) is 97.4 Å². The molecule has 5 aromatic rings. The van der Waals surface area contributed by atoms with Crippen LogP contribution in [-0.2, 0) is 30.4 Å².